The molecule has 1 aliphatic heterocycles. The molecule has 0 radical (unpaired) electrons. The van der Waals surface area contributed by atoms with Crippen LogP contribution in [-0.4, -0.2) is 18.3 Å². The molecular formula is C34H35BO3. The molecule has 4 bridgehead atoms. The van der Waals surface area contributed by atoms with Crippen molar-refractivity contribution in [1.82, 2.24) is 0 Å². The summed E-state index contributed by atoms with van der Waals surface area (Å²) in [6.45, 7) is 8.59. The lowest BCUT2D eigenvalue weighted by Crippen LogP contribution is -2.55. The Bertz CT molecular complexity index is 1620. The van der Waals surface area contributed by atoms with Crippen LogP contribution in [0.4, 0.5) is 0 Å². The van der Waals surface area contributed by atoms with Gasteiger partial charge in [-0.15, -0.1) is 0 Å². The van der Waals surface area contributed by atoms with Gasteiger partial charge < -0.3 is 13.7 Å². The number of para-hydroxylation sites is 1. The molecule has 6 aliphatic rings. The summed E-state index contributed by atoms with van der Waals surface area (Å²) >= 11 is 0. The SMILES string of the molecule is CC1(C)OB(c2ccc3c(c2)C2(c4cc5c(cc4-3)oc3ccccc35)C3CC4CC(C3)CC2C4)OC1(C)C. The highest BCUT2D eigenvalue weighted by Gasteiger charge is 2.62. The summed E-state index contributed by atoms with van der Waals surface area (Å²) in [5, 5.41) is 2.50. The number of hydrogen-bond donors (Lipinski definition) is 0. The molecule has 10 rings (SSSR count). The normalized spacial score (nSPS) is 33.5. The van der Waals surface area contributed by atoms with Crippen molar-refractivity contribution < 1.29 is 13.7 Å². The first-order chi connectivity index (χ1) is 18.2. The predicted molar refractivity (Wildman–Crippen MR) is 153 cm³/mol. The van der Waals surface area contributed by atoms with Gasteiger partial charge in [-0.25, -0.2) is 0 Å². The van der Waals surface area contributed by atoms with E-state index in [1.165, 1.54) is 59.6 Å². The monoisotopic (exact) mass is 502 g/mol. The van der Waals surface area contributed by atoms with E-state index >= 15 is 0 Å². The van der Waals surface area contributed by atoms with Gasteiger partial charge in [0.15, 0.2) is 0 Å². The van der Waals surface area contributed by atoms with Crippen LogP contribution in [0.3, 0.4) is 0 Å². The smallest absolute Gasteiger partial charge is 0.456 e. The quantitative estimate of drug-likeness (QED) is 0.251. The minimum atomic E-state index is -0.342. The van der Waals surface area contributed by atoms with E-state index in [4.69, 9.17) is 13.7 Å². The van der Waals surface area contributed by atoms with Crippen molar-refractivity contribution in [2.75, 3.05) is 0 Å². The summed E-state index contributed by atoms with van der Waals surface area (Å²) in [4.78, 5) is 0. The molecule has 192 valence electrons. The van der Waals surface area contributed by atoms with E-state index in [1.54, 1.807) is 5.56 Å². The molecule has 5 fully saturated rings. The zero-order valence-electron chi connectivity index (χ0n) is 22.8. The van der Waals surface area contributed by atoms with Crippen molar-refractivity contribution in [3.05, 3.63) is 65.7 Å². The first-order valence-corrected chi connectivity index (χ1v) is 14.7. The van der Waals surface area contributed by atoms with E-state index in [-0.39, 0.29) is 23.7 Å². The van der Waals surface area contributed by atoms with E-state index in [2.05, 4.69) is 82.3 Å². The van der Waals surface area contributed by atoms with Crippen LogP contribution in [-0.2, 0) is 14.7 Å². The highest BCUT2D eigenvalue weighted by molar-refractivity contribution is 6.62. The van der Waals surface area contributed by atoms with Crippen LogP contribution in [0.1, 0.15) is 70.9 Å². The van der Waals surface area contributed by atoms with E-state index < -0.39 is 0 Å². The molecule has 2 heterocycles. The van der Waals surface area contributed by atoms with Crippen molar-refractivity contribution in [2.45, 2.75) is 76.4 Å². The first kappa shape index (κ1) is 22.3. The van der Waals surface area contributed by atoms with Crippen LogP contribution >= 0.6 is 0 Å². The van der Waals surface area contributed by atoms with Crippen molar-refractivity contribution in [3.8, 4) is 11.1 Å². The van der Waals surface area contributed by atoms with Crippen LogP contribution in [0, 0.1) is 23.7 Å². The Balaban J connectivity index is 1.29. The summed E-state index contributed by atoms with van der Waals surface area (Å²) in [5.74, 6) is 3.26. The molecule has 3 aromatic carbocycles. The maximum atomic E-state index is 6.54. The molecule has 0 N–H and O–H groups in total. The van der Waals surface area contributed by atoms with Crippen LogP contribution < -0.4 is 5.46 Å². The minimum absolute atomic E-state index is 0.0876. The summed E-state index contributed by atoms with van der Waals surface area (Å²) < 4.78 is 19.5. The summed E-state index contributed by atoms with van der Waals surface area (Å²) in [6, 6.07) is 20.5. The fourth-order valence-electron chi connectivity index (χ4n) is 9.55. The van der Waals surface area contributed by atoms with E-state index in [0.717, 1.165) is 28.5 Å². The molecule has 1 spiro atoms. The van der Waals surface area contributed by atoms with Crippen molar-refractivity contribution in [2.24, 2.45) is 23.7 Å². The van der Waals surface area contributed by atoms with E-state index in [0.29, 0.717) is 11.8 Å². The van der Waals surface area contributed by atoms with Gasteiger partial charge in [-0.1, -0.05) is 36.4 Å². The molecule has 0 unspecified atom stereocenters. The largest absolute Gasteiger partial charge is 0.494 e. The molecule has 4 aromatic rings. The molecule has 1 aromatic heterocycles. The summed E-state index contributed by atoms with van der Waals surface area (Å²) in [7, 11) is -0.330. The van der Waals surface area contributed by atoms with Gasteiger partial charge >= 0.3 is 7.12 Å². The van der Waals surface area contributed by atoms with Crippen LogP contribution in [0.25, 0.3) is 33.1 Å². The number of benzene rings is 3. The average Bonchev–Trinajstić information content (AvgIpc) is 3.45. The van der Waals surface area contributed by atoms with E-state index in [1.807, 2.05) is 0 Å². The molecular weight excluding hydrogens is 467 g/mol. The van der Waals surface area contributed by atoms with Crippen LogP contribution in [0.15, 0.2) is 59.0 Å². The molecule has 4 saturated carbocycles. The van der Waals surface area contributed by atoms with Crippen molar-refractivity contribution in [3.63, 3.8) is 0 Å². The highest BCUT2D eigenvalue weighted by atomic mass is 16.7. The van der Waals surface area contributed by atoms with Gasteiger partial charge in [-0.05, 0) is 129 Å². The van der Waals surface area contributed by atoms with Crippen molar-refractivity contribution in [1.29, 1.82) is 0 Å². The maximum absolute atomic E-state index is 6.54. The number of rotatable bonds is 1. The second-order valence-electron chi connectivity index (χ2n) is 14.1. The Morgan fingerprint density at radius 3 is 2.03 bits per heavy atom. The highest BCUT2D eigenvalue weighted by Crippen LogP contribution is 2.69. The topological polar surface area (TPSA) is 31.6 Å². The molecule has 5 aliphatic carbocycles. The molecule has 3 nitrogen and oxygen atoms in total. The zero-order valence-corrected chi connectivity index (χ0v) is 22.8. The lowest BCUT2D eigenvalue weighted by Gasteiger charge is -2.61. The fraction of sp³-hybridized carbons (Fsp3) is 0.471. The lowest BCUT2D eigenvalue weighted by atomic mass is 9.43. The third kappa shape index (κ3) is 2.60. The van der Waals surface area contributed by atoms with Gasteiger partial charge in [0.05, 0.1) is 11.2 Å². The van der Waals surface area contributed by atoms with Gasteiger partial charge in [0.2, 0.25) is 0 Å². The summed E-state index contributed by atoms with van der Waals surface area (Å²) in [6.07, 6.45) is 6.95. The predicted octanol–water partition coefficient (Wildman–Crippen LogP) is 7.61. The molecule has 0 atom stereocenters. The number of fused-ring (bicyclic) bond motifs is 6. The van der Waals surface area contributed by atoms with Gasteiger partial charge in [-0.3, -0.25) is 0 Å². The first-order valence-electron chi connectivity index (χ1n) is 14.7. The van der Waals surface area contributed by atoms with Gasteiger partial charge in [-0.2, -0.15) is 0 Å². The van der Waals surface area contributed by atoms with Crippen molar-refractivity contribution >= 4 is 34.5 Å². The second kappa shape index (κ2) is 6.95. The number of furan rings is 1. The third-order valence-corrected chi connectivity index (χ3v) is 11.7. The molecule has 38 heavy (non-hydrogen) atoms. The standard InChI is InChI=1S/C34H35BO3/c1-32(2)33(3,4)38-35(37-32)23-9-10-24-26-18-31-27(25-7-5-6-8-30(25)36-31)17-29(26)34(28(24)16-23)21-12-19-11-20(14-21)15-22(34)13-19/h5-10,16-22H,11-15H2,1-4H3. The maximum Gasteiger partial charge on any atom is 0.494 e. The third-order valence-electron chi connectivity index (χ3n) is 11.7. The Morgan fingerprint density at radius 1 is 0.658 bits per heavy atom. The lowest BCUT2D eigenvalue weighted by molar-refractivity contribution is -0.0398. The molecule has 4 heteroatoms. The second-order valence-corrected chi connectivity index (χ2v) is 14.1. The Kier molecular flexibility index (Phi) is 4.08. The Morgan fingerprint density at radius 2 is 1.32 bits per heavy atom. The molecule has 1 saturated heterocycles. The van der Waals surface area contributed by atoms with Gasteiger partial charge in [0.25, 0.3) is 0 Å². The summed E-state index contributed by atoms with van der Waals surface area (Å²) in [5.41, 5.74) is 8.44. The number of hydrogen-bond acceptors (Lipinski definition) is 3. The van der Waals surface area contributed by atoms with E-state index in [9.17, 15) is 0 Å². The molecule has 0 amide bonds. The fourth-order valence-corrected chi connectivity index (χ4v) is 9.55. The Hall–Kier alpha value is -2.56. The van der Waals surface area contributed by atoms with Crippen LogP contribution in [0.5, 0.6) is 0 Å². The average molecular weight is 502 g/mol. The zero-order chi connectivity index (χ0) is 25.6. The minimum Gasteiger partial charge on any atom is -0.456 e. The van der Waals surface area contributed by atoms with Gasteiger partial charge in [0, 0.05) is 16.2 Å². The van der Waals surface area contributed by atoms with Crippen LogP contribution in [0.2, 0.25) is 0 Å². The Labute approximate surface area is 225 Å². The van der Waals surface area contributed by atoms with Gasteiger partial charge in [0.1, 0.15) is 11.2 Å².